The molecule has 1 aliphatic rings. The van der Waals surface area contributed by atoms with Crippen molar-refractivity contribution in [3.8, 4) is 0 Å². The molecule has 1 aromatic rings. The molecule has 0 aliphatic carbocycles. The predicted molar refractivity (Wildman–Crippen MR) is 75.8 cm³/mol. The van der Waals surface area contributed by atoms with Crippen LogP contribution in [-0.4, -0.2) is 26.8 Å². The number of rotatable bonds is 4. The van der Waals surface area contributed by atoms with E-state index in [0.717, 1.165) is 43.9 Å². The first-order valence-corrected chi connectivity index (χ1v) is 6.92. The maximum atomic E-state index is 13.3. The average Bonchev–Trinajstić information content (AvgIpc) is 2.39. The fraction of sp³-hybridized carbons (Fsp3) is 0.600. The van der Waals surface area contributed by atoms with E-state index >= 15 is 0 Å². The van der Waals surface area contributed by atoms with Crippen molar-refractivity contribution in [1.29, 1.82) is 0 Å². The second-order valence-electron chi connectivity index (χ2n) is 5.43. The van der Waals surface area contributed by atoms with Crippen LogP contribution < -0.4 is 10.6 Å². The highest BCUT2D eigenvalue weighted by molar-refractivity contribution is 5.54. The van der Waals surface area contributed by atoms with Crippen LogP contribution in [0.3, 0.4) is 0 Å². The molecule has 19 heavy (non-hydrogen) atoms. The summed E-state index contributed by atoms with van der Waals surface area (Å²) in [5, 5.41) is 0. The Morgan fingerprint density at radius 2 is 2.11 bits per heavy atom. The number of benzene rings is 1. The van der Waals surface area contributed by atoms with Gasteiger partial charge in [-0.1, -0.05) is 0 Å². The van der Waals surface area contributed by atoms with E-state index in [-0.39, 0.29) is 11.9 Å². The highest BCUT2D eigenvalue weighted by atomic mass is 19.1. The van der Waals surface area contributed by atoms with E-state index in [9.17, 15) is 4.39 Å². The SMILES string of the molecule is C[C@@H](N)c1cc(F)ccc1N(C)CC1CCOCC1. The van der Waals surface area contributed by atoms with Gasteiger partial charge in [-0.05, 0) is 49.4 Å². The summed E-state index contributed by atoms with van der Waals surface area (Å²) in [6.45, 7) is 4.55. The third-order valence-corrected chi connectivity index (χ3v) is 3.76. The van der Waals surface area contributed by atoms with Crippen molar-refractivity contribution in [2.45, 2.75) is 25.8 Å². The van der Waals surface area contributed by atoms with Gasteiger partial charge in [-0.25, -0.2) is 4.39 Å². The van der Waals surface area contributed by atoms with Crippen LogP contribution in [0, 0.1) is 11.7 Å². The fourth-order valence-electron chi connectivity index (χ4n) is 2.65. The minimum atomic E-state index is -0.226. The summed E-state index contributed by atoms with van der Waals surface area (Å²) in [6.07, 6.45) is 2.19. The van der Waals surface area contributed by atoms with E-state index in [0.29, 0.717) is 5.92 Å². The van der Waals surface area contributed by atoms with Crippen molar-refractivity contribution in [2.24, 2.45) is 11.7 Å². The third-order valence-electron chi connectivity index (χ3n) is 3.76. The van der Waals surface area contributed by atoms with Gasteiger partial charge in [0.25, 0.3) is 0 Å². The Hall–Kier alpha value is -1.13. The summed E-state index contributed by atoms with van der Waals surface area (Å²) in [5.74, 6) is 0.417. The lowest BCUT2D eigenvalue weighted by atomic mass is 9.98. The van der Waals surface area contributed by atoms with Crippen molar-refractivity contribution in [2.75, 3.05) is 31.7 Å². The zero-order valence-corrected chi connectivity index (χ0v) is 11.7. The smallest absolute Gasteiger partial charge is 0.123 e. The number of ether oxygens (including phenoxy) is 1. The van der Waals surface area contributed by atoms with Crippen LogP contribution in [0.15, 0.2) is 18.2 Å². The van der Waals surface area contributed by atoms with Gasteiger partial charge >= 0.3 is 0 Å². The minimum absolute atomic E-state index is 0.164. The zero-order chi connectivity index (χ0) is 13.8. The minimum Gasteiger partial charge on any atom is -0.381 e. The summed E-state index contributed by atoms with van der Waals surface area (Å²) in [7, 11) is 2.05. The Morgan fingerprint density at radius 3 is 2.74 bits per heavy atom. The molecule has 1 aromatic carbocycles. The molecule has 1 aliphatic heterocycles. The second kappa shape index (κ2) is 6.35. The van der Waals surface area contributed by atoms with E-state index < -0.39 is 0 Å². The molecule has 1 atom stereocenters. The third kappa shape index (κ3) is 3.67. The monoisotopic (exact) mass is 266 g/mol. The molecule has 106 valence electrons. The molecule has 4 heteroatoms. The summed E-state index contributed by atoms with van der Waals surface area (Å²) in [6, 6.07) is 4.71. The van der Waals surface area contributed by atoms with Gasteiger partial charge in [-0.2, -0.15) is 0 Å². The molecule has 2 N–H and O–H groups in total. The van der Waals surface area contributed by atoms with Crippen LogP contribution >= 0.6 is 0 Å². The molecule has 0 spiro atoms. The largest absolute Gasteiger partial charge is 0.381 e. The van der Waals surface area contributed by atoms with Gasteiger partial charge in [0, 0.05) is 38.5 Å². The summed E-state index contributed by atoms with van der Waals surface area (Å²) in [4.78, 5) is 2.19. The van der Waals surface area contributed by atoms with E-state index in [4.69, 9.17) is 10.5 Å². The average molecular weight is 266 g/mol. The molecule has 1 saturated heterocycles. The van der Waals surface area contributed by atoms with E-state index in [2.05, 4.69) is 11.9 Å². The van der Waals surface area contributed by atoms with Crippen LogP contribution in [0.25, 0.3) is 0 Å². The number of nitrogens with two attached hydrogens (primary N) is 1. The van der Waals surface area contributed by atoms with Crippen LogP contribution in [0.5, 0.6) is 0 Å². The lowest BCUT2D eigenvalue weighted by molar-refractivity contribution is 0.0685. The quantitative estimate of drug-likeness (QED) is 0.910. The Morgan fingerprint density at radius 1 is 1.42 bits per heavy atom. The van der Waals surface area contributed by atoms with Gasteiger partial charge < -0.3 is 15.4 Å². The van der Waals surface area contributed by atoms with Crippen molar-refractivity contribution in [1.82, 2.24) is 0 Å². The van der Waals surface area contributed by atoms with Gasteiger partial charge in [0.15, 0.2) is 0 Å². The van der Waals surface area contributed by atoms with Gasteiger partial charge in [0.05, 0.1) is 0 Å². The predicted octanol–water partition coefficient (Wildman–Crippen LogP) is 2.71. The Labute approximate surface area is 114 Å². The lowest BCUT2D eigenvalue weighted by Crippen LogP contribution is -2.30. The molecule has 3 nitrogen and oxygen atoms in total. The van der Waals surface area contributed by atoms with Gasteiger partial charge in [-0.15, -0.1) is 0 Å². The lowest BCUT2D eigenvalue weighted by Gasteiger charge is -2.30. The highest BCUT2D eigenvalue weighted by Gasteiger charge is 2.18. The number of halogens is 1. The molecular weight excluding hydrogens is 243 g/mol. The Kier molecular flexibility index (Phi) is 4.77. The van der Waals surface area contributed by atoms with E-state index in [1.165, 1.54) is 6.07 Å². The van der Waals surface area contributed by atoms with Crippen LogP contribution in [0.1, 0.15) is 31.4 Å². The second-order valence-corrected chi connectivity index (χ2v) is 5.43. The maximum absolute atomic E-state index is 13.3. The van der Waals surface area contributed by atoms with Gasteiger partial charge in [0.2, 0.25) is 0 Å². The van der Waals surface area contributed by atoms with Crippen molar-refractivity contribution < 1.29 is 9.13 Å². The molecule has 0 bridgehead atoms. The summed E-state index contributed by atoms with van der Waals surface area (Å²) < 4.78 is 18.7. The van der Waals surface area contributed by atoms with Crippen molar-refractivity contribution >= 4 is 5.69 Å². The Balaban J connectivity index is 2.11. The highest BCUT2D eigenvalue weighted by Crippen LogP contribution is 2.27. The summed E-state index contributed by atoms with van der Waals surface area (Å²) in [5.41, 5.74) is 7.84. The molecule has 1 heterocycles. The number of hydrogen-bond acceptors (Lipinski definition) is 3. The number of anilines is 1. The zero-order valence-electron chi connectivity index (χ0n) is 11.7. The van der Waals surface area contributed by atoms with E-state index in [1.54, 1.807) is 6.07 Å². The van der Waals surface area contributed by atoms with Crippen LogP contribution in [0.4, 0.5) is 10.1 Å². The standard InChI is InChI=1S/C15H23FN2O/c1-11(17)14-9-13(16)3-4-15(14)18(2)10-12-5-7-19-8-6-12/h3-4,9,11-12H,5-8,10,17H2,1-2H3/t11-/m1/s1. The first kappa shape index (κ1) is 14.3. The van der Waals surface area contributed by atoms with E-state index in [1.807, 2.05) is 13.0 Å². The van der Waals surface area contributed by atoms with Crippen molar-refractivity contribution in [3.63, 3.8) is 0 Å². The molecule has 2 rings (SSSR count). The molecule has 0 amide bonds. The molecule has 0 unspecified atom stereocenters. The summed E-state index contributed by atoms with van der Waals surface area (Å²) >= 11 is 0. The molecule has 1 fully saturated rings. The fourth-order valence-corrected chi connectivity index (χ4v) is 2.65. The normalized spacial score (nSPS) is 18.3. The Bertz CT molecular complexity index is 417. The molecule has 0 aromatic heterocycles. The van der Waals surface area contributed by atoms with Crippen LogP contribution in [-0.2, 0) is 4.74 Å². The number of nitrogens with zero attached hydrogens (tertiary/aromatic N) is 1. The maximum Gasteiger partial charge on any atom is 0.123 e. The first-order chi connectivity index (χ1) is 9.08. The molecule has 0 saturated carbocycles. The van der Waals surface area contributed by atoms with Crippen LogP contribution in [0.2, 0.25) is 0 Å². The molecular formula is C15H23FN2O. The first-order valence-electron chi connectivity index (χ1n) is 6.92. The molecule has 0 radical (unpaired) electrons. The van der Waals surface area contributed by atoms with Gasteiger partial charge in [-0.3, -0.25) is 0 Å². The van der Waals surface area contributed by atoms with Crippen molar-refractivity contribution in [3.05, 3.63) is 29.6 Å². The topological polar surface area (TPSA) is 38.5 Å². The van der Waals surface area contributed by atoms with Gasteiger partial charge in [0.1, 0.15) is 5.82 Å². The number of hydrogen-bond donors (Lipinski definition) is 1.